The monoisotopic (exact) mass is 480 g/mol. The Bertz CT molecular complexity index is 1090. The molecule has 10 heteroatoms. The second-order valence-corrected chi connectivity index (χ2v) is 9.35. The quantitative estimate of drug-likeness (QED) is 0.483. The summed E-state index contributed by atoms with van der Waals surface area (Å²) in [7, 11) is 0. The largest absolute Gasteiger partial charge is 0.483 e. The number of rotatable bonds is 3. The van der Waals surface area contributed by atoms with E-state index in [4.69, 9.17) is 19.8 Å². The Morgan fingerprint density at radius 2 is 1.80 bits per heavy atom. The second-order valence-electron chi connectivity index (χ2n) is 9.35. The Hall–Kier alpha value is -3.53. The van der Waals surface area contributed by atoms with Gasteiger partial charge in [0.2, 0.25) is 0 Å². The molecule has 2 aromatic heterocycles. The first-order chi connectivity index (χ1) is 17.2. The minimum Gasteiger partial charge on any atom is -0.483 e. The summed E-state index contributed by atoms with van der Waals surface area (Å²) < 4.78 is 0. The number of anilines is 1. The number of aromatic nitrogens is 4. The zero-order valence-corrected chi connectivity index (χ0v) is 19.6. The highest BCUT2D eigenvalue weighted by molar-refractivity contribution is 5.86. The van der Waals surface area contributed by atoms with Crippen molar-refractivity contribution in [3.8, 4) is 0 Å². The molecule has 5 heterocycles. The Kier molecular flexibility index (Phi) is 8.25. The fraction of sp³-hybridized carbons (Fsp3) is 0.480. The lowest BCUT2D eigenvalue weighted by atomic mass is 9.74. The van der Waals surface area contributed by atoms with Crippen LogP contribution in [0.1, 0.15) is 31.2 Å². The van der Waals surface area contributed by atoms with E-state index >= 15 is 0 Å². The van der Waals surface area contributed by atoms with Crippen molar-refractivity contribution in [1.29, 1.82) is 0 Å². The van der Waals surface area contributed by atoms with Crippen molar-refractivity contribution in [3.05, 3.63) is 48.4 Å². The van der Waals surface area contributed by atoms with E-state index in [9.17, 15) is 0 Å². The molecule has 3 saturated heterocycles. The lowest BCUT2D eigenvalue weighted by molar-refractivity contribution is -0.123. The average Bonchev–Trinajstić information content (AvgIpc) is 3.35. The van der Waals surface area contributed by atoms with Crippen LogP contribution >= 0.6 is 0 Å². The van der Waals surface area contributed by atoms with Gasteiger partial charge >= 0.3 is 0 Å². The van der Waals surface area contributed by atoms with Crippen molar-refractivity contribution in [2.45, 2.75) is 44.2 Å². The maximum Gasteiger partial charge on any atom is 0.290 e. The average molecular weight is 481 g/mol. The van der Waals surface area contributed by atoms with Gasteiger partial charge in [-0.25, -0.2) is 9.97 Å². The number of fused-ring (bicyclic) bond motifs is 5. The first kappa shape index (κ1) is 24.6. The number of carboxylic acid groups (broad SMARTS) is 2. The van der Waals surface area contributed by atoms with Crippen molar-refractivity contribution in [3.63, 3.8) is 0 Å². The molecule has 186 valence electrons. The molecule has 4 atom stereocenters. The number of aromatic amines is 1. The number of piperidine rings is 3. The van der Waals surface area contributed by atoms with E-state index in [2.05, 4.69) is 60.3 Å². The molecule has 6 rings (SSSR count). The van der Waals surface area contributed by atoms with E-state index in [0.717, 1.165) is 47.8 Å². The van der Waals surface area contributed by atoms with Gasteiger partial charge in [0.25, 0.3) is 12.9 Å². The summed E-state index contributed by atoms with van der Waals surface area (Å²) in [4.78, 5) is 31.1. The summed E-state index contributed by atoms with van der Waals surface area (Å²) in [5.41, 5.74) is 2.33. The van der Waals surface area contributed by atoms with Crippen molar-refractivity contribution >= 4 is 29.8 Å². The van der Waals surface area contributed by atoms with Gasteiger partial charge in [-0.1, -0.05) is 36.8 Å². The Balaban J connectivity index is 0.000000440. The van der Waals surface area contributed by atoms with E-state index in [0.29, 0.717) is 6.04 Å². The standard InChI is InChI=1S/C23H28N6.2CH2O2/c1-2-5-16(6-3-1)10-19-7-4-8-21-18-9-17(13-29(19)21)12-28(14-18)23-20-11-26-27-22(20)24-15-25-23;2*2-1-3/h1-3,5-6,11,15,17-19,21H,4,7-10,12-14H2,(H,24,25,26,27);2*1H,(H,2,3)/t17-,18+,19+,21-;;/m0../s1. The summed E-state index contributed by atoms with van der Waals surface area (Å²) >= 11 is 0. The summed E-state index contributed by atoms with van der Waals surface area (Å²) in [6.45, 7) is 2.93. The van der Waals surface area contributed by atoms with Crippen molar-refractivity contribution in [1.82, 2.24) is 25.1 Å². The Morgan fingerprint density at radius 1 is 1.03 bits per heavy atom. The van der Waals surface area contributed by atoms with Crippen molar-refractivity contribution in [2.24, 2.45) is 11.8 Å². The molecular weight excluding hydrogens is 448 g/mol. The minimum absolute atomic E-state index is 0.250. The van der Waals surface area contributed by atoms with Gasteiger partial charge in [-0.3, -0.25) is 19.6 Å². The number of nitrogens with zero attached hydrogens (tertiary/aromatic N) is 5. The third-order valence-corrected chi connectivity index (χ3v) is 7.36. The minimum atomic E-state index is -0.250. The van der Waals surface area contributed by atoms with Gasteiger partial charge < -0.3 is 15.1 Å². The van der Waals surface area contributed by atoms with Gasteiger partial charge in [0.15, 0.2) is 5.65 Å². The molecule has 3 aromatic rings. The zero-order valence-electron chi connectivity index (χ0n) is 19.6. The Labute approximate surface area is 204 Å². The molecule has 0 unspecified atom stereocenters. The second kappa shape index (κ2) is 11.7. The van der Waals surface area contributed by atoms with Gasteiger partial charge in [0, 0.05) is 31.7 Å². The summed E-state index contributed by atoms with van der Waals surface area (Å²) in [6, 6.07) is 12.5. The van der Waals surface area contributed by atoms with Crippen LogP contribution in [0.15, 0.2) is 42.9 Å². The van der Waals surface area contributed by atoms with Crippen LogP contribution in [0.2, 0.25) is 0 Å². The van der Waals surface area contributed by atoms with Gasteiger partial charge in [-0.2, -0.15) is 5.10 Å². The third-order valence-electron chi connectivity index (χ3n) is 7.36. The zero-order chi connectivity index (χ0) is 24.6. The number of hydrogen-bond acceptors (Lipinski definition) is 7. The molecule has 3 fully saturated rings. The number of hydrogen-bond donors (Lipinski definition) is 3. The molecule has 10 nitrogen and oxygen atoms in total. The normalized spacial score (nSPS) is 25.3. The topological polar surface area (TPSA) is 136 Å². The van der Waals surface area contributed by atoms with Crippen LogP contribution in [0.5, 0.6) is 0 Å². The SMILES string of the molecule is O=CO.O=CO.c1ccc(C[C@H]2CCC[C@H]3[C@@H]4C[C@@H](CN(c5ncnc6[nH]ncc56)C4)CN23)cc1. The van der Waals surface area contributed by atoms with Crippen LogP contribution < -0.4 is 4.90 Å². The summed E-state index contributed by atoms with van der Waals surface area (Å²) in [6.07, 6.45) is 10.2. The van der Waals surface area contributed by atoms with Crippen LogP contribution in [0.25, 0.3) is 11.0 Å². The number of benzene rings is 1. The number of nitrogens with one attached hydrogen (secondary N) is 1. The highest BCUT2D eigenvalue weighted by atomic mass is 16.3. The van der Waals surface area contributed by atoms with E-state index in [1.165, 1.54) is 44.2 Å². The maximum absolute atomic E-state index is 8.36. The molecular formula is C25H32N6O4. The molecule has 35 heavy (non-hydrogen) atoms. The molecule has 0 amide bonds. The van der Waals surface area contributed by atoms with Crippen LogP contribution in [0.4, 0.5) is 5.82 Å². The highest BCUT2D eigenvalue weighted by Crippen LogP contribution is 2.41. The third kappa shape index (κ3) is 5.59. The summed E-state index contributed by atoms with van der Waals surface area (Å²) in [5, 5.41) is 22.0. The first-order valence-electron chi connectivity index (χ1n) is 12.0. The van der Waals surface area contributed by atoms with Gasteiger partial charge in [0.05, 0.1) is 11.6 Å². The predicted molar refractivity (Wildman–Crippen MR) is 131 cm³/mol. The lowest BCUT2D eigenvalue weighted by Crippen LogP contribution is -2.62. The first-order valence-corrected chi connectivity index (χ1v) is 12.0. The van der Waals surface area contributed by atoms with Gasteiger partial charge in [-0.05, 0) is 43.1 Å². The highest BCUT2D eigenvalue weighted by Gasteiger charge is 2.45. The molecule has 2 bridgehead atoms. The van der Waals surface area contributed by atoms with Crippen LogP contribution in [-0.2, 0) is 16.0 Å². The number of carbonyl (C=O) groups is 2. The van der Waals surface area contributed by atoms with E-state index in [-0.39, 0.29) is 12.9 Å². The maximum atomic E-state index is 8.36. The molecule has 0 saturated carbocycles. The summed E-state index contributed by atoms with van der Waals surface area (Å²) in [5.74, 6) is 2.51. The Morgan fingerprint density at radius 3 is 2.57 bits per heavy atom. The van der Waals surface area contributed by atoms with Gasteiger partial charge in [-0.15, -0.1) is 0 Å². The smallest absolute Gasteiger partial charge is 0.290 e. The fourth-order valence-electron chi connectivity index (χ4n) is 6.19. The molecule has 3 aliphatic rings. The van der Waals surface area contributed by atoms with Crippen molar-refractivity contribution in [2.75, 3.05) is 24.5 Å². The molecule has 0 spiro atoms. The molecule has 3 N–H and O–H groups in total. The van der Waals surface area contributed by atoms with E-state index in [1.807, 2.05) is 6.20 Å². The fourth-order valence-corrected chi connectivity index (χ4v) is 6.19. The predicted octanol–water partition coefficient (Wildman–Crippen LogP) is 2.68. The van der Waals surface area contributed by atoms with E-state index in [1.54, 1.807) is 6.33 Å². The van der Waals surface area contributed by atoms with Crippen LogP contribution in [0.3, 0.4) is 0 Å². The van der Waals surface area contributed by atoms with E-state index < -0.39 is 0 Å². The van der Waals surface area contributed by atoms with Crippen LogP contribution in [0, 0.1) is 11.8 Å². The van der Waals surface area contributed by atoms with Gasteiger partial charge in [0.1, 0.15) is 12.1 Å². The molecule has 0 aliphatic carbocycles. The molecule has 3 aliphatic heterocycles. The number of H-pyrrole nitrogens is 1. The van der Waals surface area contributed by atoms with Crippen LogP contribution in [-0.4, -0.2) is 79.9 Å². The lowest BCUT2D eigenvalue weighted by Gasteiger charge is -2.55. The molecule has 1 aromatic carbocycles. The van der Waals surface area contributed by atoms with Crippen molar-refractivity contribution < 1.29 is 19.8 Å². The molecule has 0 radical (unpaired) electrons.